The first-order valence-corrected chi connectivity index (χ1v) is 7.48. The second kappa shape index (κ2) is 7.56. The van der Waals surface area contributed by atoms with Gasteiger partial charge in [-0.25, -0.2) is 0 Å². The maximum Gasteiger partial charge on any atom is 0.287 e. The fourth-order valence-electron chi connectivity index (χ4n) is 2.73. The molecule has 1 unspecified atom stereocenters. The van der Waals surface area contributed by atoms with E-state index in [1.807, 2.05) is 11.0 Å². The molecule has 0 saturated carbocycles. The molecule has 2 rings (SSSR count). The number of benzene rings is 1. The molecule has 1 saturated heterocycles. The molecular weight excluding hydrogens is 298 g/mol. The summed E-state index contributed by atoms with van der Waals surface area (Å²) in [5, 5.41) is 22.8. The van der Waals surface area contributed by atoms with Gasteiger partial charge in [0.2, 0.25) is 5.91 Å². The molecule has 8 heteroatoms. The molecule has 122 valence electrons. The van der Waals surface area contributed by atoms with E-state index in [1.165, 1.54) is 12.1 Å². The Morgan fingerprint density at radius 3 is 3.00 bits per heavy atom. The minimum atomic E-state index is -0.568. The Kier molecular flexibility index (Phi) is 5.49. The fourth-order valence-corrected chi connectivity index (χ4v) is 2.73. The van der Waals surface area contributed by atoms with Crippen molar-refractivity contribution >= 4 is 17.3 Å². The first-order chi connectivity index (χ1) is 11.1. The summed E-state index contributed by atoms with van der Waals surface area (Å²) in [6, 6.07) is 6.33. The number of anilines is 1. The van der Waals surface area contributed by atoms with Crippen molar-refractivity contribution in [1.82, 2.24) is 5.32 Å². The fraction of sp³-hybridized carbons (Fsp3) is 0.467. The third kappa shape index (κ3) is 3.96. The SMILES string of the molecule is N#Cc1cc(N2CCCC(C(=O)NCCN)C2)ccc1[N+](=O)[O-]. The third-order valence-corrected chi connectivity index (χ3v) is 3.90. The Morgan fingerprint density at radius 1 is 1.57 bits per heavy atom. The van der Waals surface area contributed by atoms with Crippen LogP contribution in [0.3, 0.4) is 0 Å². The maximum absolute atomic E-state index is 12.1. The largest absolute Gasteiger partial charge is 0.371 e. The van der Waals surface area contributed by atoms with E-state index in [0.717, 1.165) is 25.1 Å². The number of hydrogen-bond acceptors (Lipinski definition) is 6. The lowest BCUT2D eigenvalue weighted by Crippen LogP contribution is -2.44. The van der Waals surface area contributed by atoms with Gasteiger partial charge in [-0.15, -0.1) is 0 Å². The van der Waals surface area contributed by atoms with Gasteiger partial charge < -0.3 is 16.0 Å². The van der Waals surface area contributed by atoms with Gasteiger partial charge in [0, 0.05) is 37.9 Å². The van der Waals surface area contributed by atoms with Crippen molar-refractivity contribution in [2.45, 2.75) is 12.8 Å². The van der Waals surface area contributed by atoms with E-state index < -0.39 is 4.92 Å². The van der Waals surface area contributed by atoms with Crippen LogP contribution in [-0.2, 0) is 4.79 Å². The van der Waals surface area contributed by atoms with Crippen molar-refractivity contribution in [2.75, 3.05) is 31.1 Å². The van der Waals surface area contributed by atoms with E-state index in [1.54, 1.807) is 6.07 Å². The summed E-state index contributed by atoms with van der Waals surface area (Å²) < 4.78 is 0. The molecule has 8 nitrogen and oxygen atoms in total. The minimum absolute atomic E-state index is 0.0254. The molecule has 1 aromatic rings. The van der Waals surface area contributed by atoms with Crippen molar-refractivity contribution in [3.63, 3.8) is 0 Å². The molecule has 1 heterocycles. The summed E-state index contributed by atoms with van der Waals surface area (Å²) in [6.07, 6.45) is 1.64. The van der Waals surface area contributed by atoms with Gasteiger partial charge in [0.05, 0.1) is 10.8 Å². The molecule has 1 aliphatic rings. The van der Waals surface area contributed by atoms with E-state index in [-0.39, 0.29) is 23.1 Å². The molecule has 3 N–H and O–H groups in total. The molecule has 1 fully saturated rings. The number of amides is 1. The Morgan fingerprint density at radius 2 is 2.35 bits per heavy atom. The summed E-state index contributed by atoms with van der Waals surface area (Å²) in [4.78, 5) is 24.4. The van der Waals surface area contributed by atoms with Crippen LogP contribution in [0.1, 0.15) is 18.4 Å². The number of nitriles is 1. The highest BCUT2D eigenvalue weighted by Crippen LogP contribution is 2.28. The Hall–Kier alpha value is -2.66. The van der Waals surface area contributed by atoms with Crippen LogP contribution in [0.2, 0.25) is 0 Å². The highest BCUT2D eigenvalue weighted by Gasteiger charge is 2.26. The van der Waals surface area contributed by atoms with E-state index >= 15 is 0 Å². The van der Waals surface area contributed by atoms with Crippen LogP contribution in [0.4, 0.5) is 11.4 Å². The Bertz CT molecular complexity index is 640. The summed E-state index contributed by atoms with van der Waals surface area (Å²) >= 11 is 0. The van der Waals surface area contributed by atoms with Crippen molar-refractivity contribution in [1.29, 1.82) is 5.26 Å². The summed E-state index contributed by atoms with van der Waals surface area (Å²) in [6.45, 7) is 2.13. The zero-order chi connectivity index (χ0) is 16.8. The number of nitrogens with two attached hydrogens (primary N) is 1. The molecule has 1 atom stereocenters. The predicted molar refractivity (Wildman–Crippen MR) is 84.8 cm³/mol. The molecule has 23 heavy (non-hydrogen) atoms. The molecule has 1 aliphatic heterocycles. The maximum atomic E-state index is 12.1. The van der Waals surface area contributed by atoms with Crippen LogP contribution < -0.4 is 16.0 Å². The quantitative estimate of drug-likeness (QED) is 0.610. The highest BCUT2D eigenvalue weighted by molar-refractivity contribution is 5.79. The normalized spacial score (nSPS) is 17.4. The van der Waals surface area contributed by atoms with E-state index in [2.05, 4.69) is 5.32 Å². The van der Waals surface area contributed by atoms with Crippen LogP contribution in [0.25, 0.3) is 0 Å². The van der Waals surface area contributed by atoms with Crippen LogP contribution in [0.15, 0.2) is 18.2 Å². The van der Waals surface area contributed by atoms with Gasteiger partial charge in [0.15, 0.2) is 0 Å². The molecule has 1 amide bonds. The molecular formula is C15H19N5O3. The van der Waals surface area contributed by atoms with Crippen molar-refractivity contribution in [3.05, 3.63) is 33.9 Å². The van der Waals surface area contributed by atoms with Gasteiger partial charge in [-0.1, -0.05) is 0 Å². The molecule has 1 aromatic carbocycles. The summed E-state index contributed by atoms with van der Waals surface area (Å²) in [5.74, 6) is -0.168. The van der Waals surface area contributed by atoms with E-state index in [4.69, 9.17) is 11.0 Å². The van der Waals surface area contributed by atoms with E-state index in [9.17, 15) is 14.9 Å². The number of nitro groups is 1. The second-order valence-electron chi connectivity index (χ2n) is 5.44. The van der Waals surface area contributed by atoms with Gasteiger partial charge >= 0.3 is 0 Å². The topological polar surface area (TPSA) is 125 Å². The van der Waals surface area contributed by atoms with Crippen LogP contribution in [0.5, 0.6) is 0 Å². The standard InChI is InChI=1S/C15H19N5O3/c16-5-6-18-15(21)11-2-1-7-19(10-11)13-3-4-14(20(22)23)12(8-13)9-17/h3-4,8,11H,1-2,5-7,10,16H2,(H,18,21). The average molecular weight is 317 g/mol. The van der Waals surface area contributed by atoms with Crippen molar-refractivity contribution in [2.24, 2.45) is 11.7 Å². The van der Waals surface area contributed by atoms with Crippen LogP contribution in [-0.4, -0.2) is 37.0 Å². The highest BCUT2D eigenvalue weighted by atomic mass is 16.6. The summed E-state index contributed by atoms with van der Waals surface area (Å²) in [7, 11) is 0. The van der Waals surface area contributed by atoms with Gasteiger partial charge in [-0.3, -0.25) is 14.9 Å². The van der Waals surface area contributed by atoms with Gasteiger partial charge in [0.1, 0.15) is 11.6 Å². The van der Waals surface area contributed by atoms with Gasteiger partial charge in [0.25, 0.3) is 5.69 Å². The molecule has 0 spiro atoms. The lowest BCUT2D eigenvalue weighted by Gasteiger charge is -2.33. The molecule has 0 aromatic heterocycles. The Labute approximate surface area is 134 Å². The first kappa shape index (κ1) is 16.7. The number of carbonyl (C=O) groups excluding carboxylic acids is 1. The van der Waals surface area contributed by atoms with Crippen LogP contribution in [0, 0.1) is 27.4 Å². The van der Waals surface area contributed by atoms with Crippen molar-refractivity contribution < 1.29 is 9.72 Å². The number of rotatable bonds is 5. The number of hydrogen-bond donors (Lipinski definition) is 2. The van der Waals surface area contributed by atoms with Crippen LogP contribution >= 0.6 is 0 Å². The smallest absolute Gasteiger partial charge is 0.287 e. The molecule has 0 radical (unpaired) electrons. The predicted octanol–water partition coefficient (Wildman–Crippen LogP) is 0.758. The third-order valence-electron chi connectivity index (χ3n) is 3.90. The first-order valence-electron chi connectivity index (χ1n) is 7.48. The number of nitro benzene ring substituents is 1. The summed E-state index contributed by atoms with van der Waals surface area (Å²) in [5.41, 5.74) is 5.94. The minimum Gasteiger partial charge on any atom is -0.371 e. The molecule has 0 aliphatic carbocycles. The van der Waals surface area contributed by atoms with Gasteiger partial charge in [-0.2, -0.15) is 5.26 Å². The van der Waals surface area contributed by atoms with Gasteiger partial charge in [-0.05, 0) is 25.0 Å². The number of piperidine rings is 1. The lowest BCUT2D eigenvalue weighted by molar-refractivity contribution is -0.385. The number of nitrogens with one attached hydrogen (secondary N) is 1. The van der Waals surface area contributed by atoms with Crippen molar-refractivity contribution in [3.8, 4) is 6.07 Å². The average Bonchev–Trinajstić information content (AvgIpc) is 2.59. The van der Waals surface area contributed by atoms with E-state index in [0.29, 0.717) is 19.6 Å². The monoisotopic (exact) mass is 317 g/mol. The Balaban J connectivity index is 2.14. The molecule has 0 bridgehead atoms. The lowest BCUT2D eigenvalue weighted by atomic mass is 9.96. The number of carbonyl (C=O) groups is 1. The zero-order valence-electron chi connectivity index (χ0n) is 12.7. The second-order valence-corrected chi connectivity index (χ2v) is 5.44. The number of nitrogens with zero attached hydrogens (tertiary/aromatic N) is 3. The zero-order valence-corrected chi connectivity index (χ0v) is 12.7.